The summed E-state index contributed by atoms with van der Waals surface area (Å²) < 4.78 is 5.61. The maximum absolute atomic E-state index is 11.6. The highest BCUT2D eigenvalue weighted by molar-refractivity contribution is 9.14. The van der Waals surface area contributed by atoms with E-state index in [0.717, 1.165) is 4.90 Å². The van der Waals surface area contributed by atoms with Gasteiger partial charge in [-0.25, -0.2) is 0 Å². The van der Waals surface area contributed by atoms with Gasteiger partial charge in [-0.2, -0.15) is 0 Å². The molecule has 0 radical (unpaired) electrons. The third-order valence-corrected chi connectivity index (χ3v) is 4.12. The highest BCUT2D eigenvalue weighted by Crippen LogP contribution is 2.28. The van der Waals surface area contributed by atoms with E-state index in [0.29, 0.717) is 13.0 Å². The summed E-state index contributed by atoms with van der Waals surface area (Å²) in [6.07, 6.45) is 0.341. The number of amides is 2. The van der Waals surface area contributed by atoms with Crippen molar-refractivity contribution < 1.29 is 19.1 Å². The Kier molecular flexibility index (Phi) is 5.48. The lowest BCUT2D eigenvalue weighted by Crippen LogP contribution is -2.34. The first-order valence-electron chi connectivity index (χ1n) is 4.93. The van der Waals surface area contributed by atoms with Crippen LogP contribution in [0.3, 0.4) is 0 Å². The van der Waals surface area contributed by atoms with Gasteiger partial charge in [-0.3, -0.25) is 19.3 Å². The molecule has 1 aliphatic rings. The van der Waals surface area contributed by atoms with Gasteiger partial charge in [0, 0.05) is 6.42 Å². The Morgan fingerprint density at radius 1 is 1.18 bits per heavy atom. The Morgan fingerprint density at radius 3 is 2.18 bits per heavy atom. The van der Waals surface area contributed by atoms with E-state index in [-0.39, 0.29) is 39.7 Å². The molecule has 17 heavy (non-hydrogen) atoms. The van der Waals surface area contributed by atoms with Crippen LogP contribution >= 0.6 is 31.9 Å². The number of ether oxygens (including phenoxy) is 1. The molecule has 5 nitrogen and oxygen atoms in total. The van der Waals surface area contributed by atoms with Crippen LogP contribution in [0.5, 0.6) is 0 Å². The monoisotopic (exact) mass is 367 g/mol. The van der Waals surface area contributed by atoms with E-state index < -0.39 is 0 Å². The lowest BCUT2D eigenvalue weighted by atomic mass is 10.3. The summed E-state index contributed by atoms with van der Waals surface area (Å²) in [6.45, 7) is 2.20. The summed E-state index contributed by atoms with van der Waals surface area (Å²) in [5.41, 5.74) is 0. The van der Waals surface area contributed by atoms with Crippen molar-refractivity contribution in [2.75, 3.05) is 19.8 Å². The maximum Gasteiger partial charge on any atom is 0.269 e. The lowest BCUT2D eigenvalue weighted by molar-refractivity contribution is -0.138. The molecule has 0 aromatic carbocycles. The van der Waals surface area contributed by atoms with E-state index in [1.165, 1.54) is 6.92 Å². The largest absolute Gasteiger partial charge is 0.379 e. The maximum atomic E-state index is 11.6. The van der Waals surface area contributed by atoms with Crippen LogP contribution in [0, 0.1) is 0 Å². The zero-order valence-corrected chi connectivity index (χ0v) is 12.3. The van der Waals surface area contributed by atoms with Crippen molar-refractivity contribution in [2.45, 2.75) is 13.3 Å². The van der Waals surface area contributed by atoms with Gasteiger partial charge < -0.3 is 4.74 Å². The predicted octanol–water partition coefficient (Wildman–Crippen LogP) is 1.35. The SMILES string of the molecule is CC(=O)CCOCCN1C(=O)C(Br)=C(Br)C1=O. The van der Waals surface area contributed by atoms with Gasteiger partial charge in [-0.1, -0.05) is 0 Å². The van der Waals surface area contributed by atoms with Gasteiger partial charge in [0.1, 0.15) is 14.7 Å². The minimum atomic E-state index is -0.378. The van der Waals surface area contributed by atoms with Crippen LogP contribution in [0.15, 0.2) is 8.96 Å². The number of imide groups is 1. The number of Topliss-reactive ketones (excluding diaryl/α,β-unsaturated/α-hetero) is 1. The van der Waals surface area contributed by atoms with Crippen LogP contribution in [0.2, 0.25) is 0 Å². The second kappa shape index (κ2) is 6.42. The normalized spacial score (nSPS) is 16.1. The topological polar surface area (TPSA) is 63.7 Å². The predicted molar refractivity (Wildman–Crippen MR) is 67.7 cm³/mol. The summed E-state index contributed by atoms with van der Waals surface area (Å²) in [4.78, 5) is 34.8. The van der Waals surface area contributed by atoms with E-state index >= 15 is 0 Å². The molecular formula is C10H11Br2NO4. The lowest BCUT2D eigenvalue weighted by Gasteiger charge is -2.13. The number of halogens is 2. The highest BCUT2D eigenvalue weighted by atomic mass is 79.9. The minimum absolute atomic E-state index is 0.0467. The summed E-state index contributed by atoms with van der Waals surface area (Å²) in [5, 5.41) is 0. The van der Waals surface area contributed by atoms with Gasteiger partial charge >= 0.3 is 0 Å². The second-order valence-electron chi connectivity index (χ2n) is 3.45. The smallest absolute Gasteiger partial charge is 0.269 e. The van der Waals surface area contributed by atoms with E-state index in [9.17, 15) is 14.4 Å². The van der Waals surface area contributed by atoms with Gasteiger partial charge in [-0.15, -0.1) is 0 Å². The Morgan fingerprint density at radius 2 is 1.71 bits per heavy atom. The van der Waals surface area contributed by atoms with Gasteiger partial charge in [0.25, 0.3) is 11.8 Å². The van der Waals surface area contributed by atoms with Crippen LogP contribution in [0.1, 0.15) is 13.3 Å². The molecule has 0 spiro atoms. The summed E-state index contributed by atoms with van der Waals surface area (Å²) in [7, 11) is 0. The third-order valence-electron chi connectivity index (χ3n) is 2.12. The molecule has 2 amide bonds. The molecule has 0 unspecified atom stereocenters. The number of rotatable bonds is 6. The van der Waals surface area contributed by atoms with Crippen LogP contribution in [-0.2, 0) is 19.1 Å². The fraction of sp³-hybridized carbons (Fsp3) is 0.500. The van der Waals surface area contributed by atoms with Crippen LogP contribution < -0.4 is 0 Å². The van der Waals surface area contributed by atoms with Crippen LogP contribution in [0.4, 0.5) is 0 Å². The molecule has 0 fully saturated rings. The van der Waals surface area contributed by atoms with Crippen molar-refractivity contribution in [3.63, 3.8) is 0 Å². The van der Waals surface area contributed by atoms with Gasteiger partial charge in [0.15, 0.2) is 0 Å². The number of hydrogen-bond acceptors (Lipinski definition) is 4. The number of nitrogens with zero attached hydrogens (tertiary/aromatic N) is 1. The fourth-order valence-corrected chi connectivity index (χ4v) is 1.96. The molecule has 0 aromatic rings. The first-order chi connectivity index (χ1) is 7.95. The van der Waals surface area contributed by atoms with Crippen LogP contribution in [-0.4, -0.2) is 42.3 Å². The summed E-state index contributed by atoms with van der Waals surface area (Å²) >= 11 is 6.05. The summed E-state index contributed by atoms with van der Waals surface area (Å²) in [6, 6.07) is 0. The Bertz CT molecular complexity index is 368. The average molecular weight is 369 g/mol. The Labute approximate surface area is 115 Å². The molecule has 0 aliphatic carbocycles. The van der Waals surface area contributed by atoms with Crippen molar-refractivity contribution in [2.24, 2.45) is 0 Å². The molecule has 1 aliphatic heterocycles. The van der Waals surface area contributed by atoms with Crippen molar-refractivity contribution in [3.8, 4) is 0 Å². The first kappa shape index (κ1) is 14.5. The minimum Gasteiger partial charge on any atom is -0.379 e. The highest BCUT2D eigenvalue weighted by Gasteiger charge is 2.35. The van der Waals surface area contributed by atoms with E-state index in [1.807, 2.05) is 0 Å². The molecule has 0 bridgehead atoms. The van der Waals surface area contributed by atoms with Gasteiger partial charge in [-0.05, 0) is 38.8 Å². The van der Waals surface area contributed by atoms with Crippen molar-refractivity contribution in [1.82, 2.24) is 4.90 Å². The van der Waals surface area contributed by atoms with E-state index in [4.69, 9.17) is 4.74 Å². The zero-order valence-electron chi connectivity index (χ0n) is 9.16. The average Bonchev–Trinajstić information content (AvgIpc) is 2.45. The van der Waals surface area contributed by atoms with E-state index in [1.54, 1.807) is 0 Å². The van der Waals surface area contributed by atoms with Crippen molar-refractivity contribution >= 4 is 49.5 Å². The zero-order chi connectivity index (χ0) is 13.0. The Hall–Kier alpha value is -0.530. The van der Waals surface area contributed by atoms with Crippen molar-refractivity contribution in [1.29, 1.82) is 0 Å². The molecule has 0 saturated carbocycles. The molecule has 0 saturated heterocycles. The quantitative estimate of drug-likeness (QED) is 0.524. The molecule has 1 rings (SSSR count). The van der Waals surface area contributed by atoms with Crippen LogP contribution in [0.25, 0.3) is 0 Å². The molecular weight excluding hydrogens is 358 g/mol. The number of carbonyl (C=O) groups excluding carboxylic acids is 3. The standard InChI is InChI=1S/C10H11Br2NO4/c1-6(14)2-4-17-5-3-13-9(15)7(11)8(12)10(13)16/h2-5H2,1H3. The first-order valence-corrected chi connectivity index (χ1v) is 6.52. The fourth-order valence-electron chi connectivity index (χ4n) is 1.19. The molecule has 0 atom stereocenters. The molecule has 1 heterocycles. The molecule has 0 aromatic heterocycles. The van der Waals surface area contributed by atoms with Gasteiger partial charge in [0.05, 0.1) is 19.8 Å². The van der Waals surface area contributed by atoms with Crippen molar-refractivity contribution in [3.05, 3.63) is 8.96 Å². The number of ketones is 1. The number of hydrogen-bond donors (Lipinski definition) is 0. The molecule has 94 valence electrons. The molecule has 7 heteroatoms. The molecule has 0 N–H and O–H groups in total. The number of carbonyl (C=O) groups is 3. The third kappa shape index (κ3) is 3.72. The van der Waals surface area contributed by atoms with E-state index in [2.05, 4.69) is 31.9 Å². The Balaban J connectivity index is 2.33. The summed E-state index contributed by atoms with van der Waals surface area (Å²) in [5.74, 6) is -0.709. The second-order valence-corrected chi connectivity index (χ2v) is 5.04. The van der Waals surface area contributed by atoms with Gasteiger partial charge in [0.2, 0.25) is 0 Å².